The van der Waals surface area contributed by atoms with Crippen molar-refractivity contribution in [2.45, 2.75) is 0 Å². The summed E-state index contributed by atoms with van der Waals surface area (Å²) in [6.07, 6.45) is 0. The summed E-state index contributed by atoms with van der Waals surface area (Å²) in [5, 5.41) is 2.57. The van der Waals surface area contributed by atoms with Crippen LogP contribution < -0.4 is 14.4 Å². The maximum atomic E-state index is 11.8. The van der Waals surface area contributed by atoms with Crippen LogP contribution >= 0.6 is 39.9 Å². The Kier molecular flexibility index (Phi) is 4.99. The van der Waals surface area contributed by atoms with Crippen molar-refractivity contribution < 1.29 is 9.53 Å². The molecule has 0 unspecified atom stereocenters. The van der Waals surface area contributed by atoms with Gasteiger partial charge < -0.3 is 14.2 Å². The van der Waals surface area contributed by atoms with E-state index < -0.39 is 0 Å². The van der Waals surface area contributed by atoms with Gasteiger partial charge in [-0.1, -0.05) is 11.6 Å². The summed E-state index contributed by atoms with van der Waals surface area (Å²) < 4.78 is 7.64. The van der Waals surface area contributed by atoms with Crippen LogP contribution in [0.4, 0.5) is 5.69 Å². The third kappa shape index (κ3) is 2.68. The number of anilines is 1. The van der Waals surface area contributed by atoms with Crippen LogP contribution in [0.1, 0.15) is 0 Å². The number of fused-ring (bicyclic) bond motifs is 1. The number of carbonyl (C=O) groups is 1. The summed E-state index contributed by atoms with van der Waals surface area (Å²) in [5.41, 5.74) is 2.52. The molecule has 1 aromatic carbocycles. The van der Waals surface area contributed by atoms with Gasteiger partial charge in [-0.2, -0.15) is 0 Å². The van der Waals surface area contributed by atoms with E-state index >= 15 is 0 Å². The highest BCUT2D eigenvalue weighted by Crippen LogP contribution is 2.42. The fourth-order valence-electron chi connectivity index (χ4n) is 2.35. The Labute approximate surface area is 147 Å². The van der Waals surface area contributed by atoms with E-state index in [0.29, 0.717) is 16.5 Å². The third-order valence-corrected chi connectivity index (χ3v) is 4.73. The van der Waals surface area contributed by atoms with Gasteiger partial charge in [0.2, 0.25) is 0 Å². The molecule has 0 saturated carbocycles. The molecule has 8 heteroatoms. The van der Waals surface area contributed by atoms with Crippen LogP contribution in [0.3, 0.4) is 0 Å². The lowest BCUT2D eigenvalue weighted by Crippen LogP contribution is -2.35. The predicted octanol–water partition coefficient (Wildman–Crippen LogP) is 2.87. The van der Waals surface area contributed by atoms with Crippen LogP contribution in [0.25, 0.3) is 11.3 Å². The van der Waals surface area contributed by atoms with Gasteiger partial charge in [-0.25, -0.2) is 0 Å². The van der Waals surface area contributed by atoms with Gasteiger partial charge in [0.15, 0.2) is 17.2 Å². The van der Waals surface area contributed by atoms with Crippen molar-refractivity contribution in [3.8, 4) is 17.0 Å². The van der Waals surface area contributed by atoms with E-state index in [-0.39, 0.29) is 29.5 Å². The highest BCUT2D eigenvalue weighted by molar-refractivity contribution is 8.93. The van der Waals surface area contributed by atoms with Crippen molar-refractivity contribution in [2.24, 2.45) is 12.0 Å². The molecule has 3 rings (SSSR count). The zero-order valence-corrected chi connectivity index (χ0v) is 15.6. The minimum absolute atomic E-state index is 0. The normalized spacial score (nSPS) is 14.5. The molecule has 22 heavy (non-hydrogen) atoms. The number of likely N-dealkylation sites (N-methyl/N-ethyl adjacent to an activating group) is 1. The van der Waals surface area contributed by atoms with E-state index in [1.807, 2.05) is 23.1 Å². The zero-order valence-electron chi connectivity index (χ0n) is 12.3. The molecule has 0 saturated heterocycles. The Hall–Kier alpha value is -1.31. The lowest BCUT2D eigenvalue weighted by molar-refractivity contribution is -0.120. The van der Waals surface area contributed by atoms with Crippen molar-refractivity contribution in [3.63, 3.8) is 0 Å². The van der Waals surface area contributed by atoms with E-state index in [2.05, 4.69) is 4.99 Å². The fraction of sp³-hybridized carbons (Fsp3) is 0.286. The first-order valence-electron chi connectivity index (χ1n) is 6.33. The van der Waals surface area contributed by atoms with Crippen LogP contribution in [0.15, 0.2) is 22.5 Å². The molecule has 0 N–H and O–H groups in total. The van der Waals surface area contributed by atoms with Gasteiger partial charge in [0.25, 0.3) is 5.91 Å². The molecule has 0 atom stereocenters. The van der Waals surface area contributed by atoms with Crippen LogP contribution in [0.2, 0.25) is 5.02 Å². The summed E-state index contributed by atoms with van der Waals surface area (Å²) in [5.74, 6) is 0.590. The minimum atomic E-state index is -0.0883. The van der Waals surface area contributed by atoms with Crippen LogP contribution in [0, 0.1) is 0 Å². The molecule has 0 radical (unpaired) electrons. The summed E-state index contributed by atoms with van der Waals surface area (Å²) >= 11 is 7.76. The SMILES string of the molecule is Br.CN=c1scc(-c2cc(Cl)cc3c2OCC(=O)N3C)n1C. The number of rotatable bonds is 1. The van der Waals surface area contributed by atoms with E-state index in [4.69, 9.17) is 16.3 Å². The van der Waals surface area contributed by atoms with Crippen LogP contribution in [-0.2, 0) is 11.8 Å². The molecule has 1 aliphatic rings. The fourth-order valence-corrected chi connectivity index (χ4v) is 3.43. The molecule has 0 bridgehead atoms. The van der Waals surface area contributed by atoms with Gasteiger partial charge in [-0.05, 0) is 12.1 Å². The van der Waals surface area contributed by atoms with E-state index in [1.54, 1.807) is 36.4 Å². The van der Waals surface area contributed by atoms with Crippen LogP contribution in [0.5, 0.6) is 5.75 Å². The van der Waals surface area contributed by atoms with Crippen LogP contribution in [-0.4, -0.2) is 31.2 Å². The number of ether oxygens (including phenoxy) is 1. The molecule has 1 amide bonds. The highest BCUT2D eigenvalue weighted by atomic mass is 79.9. The first kappa shape index (κ1) is 17.1. The first-order chi connectivity index (χ1) is 10.0. The molecule has 1 aliphatic heterocycles. The van der Waals surface area contributed by atoms with E-state index in [0.717, 1.165) is 16.1 Å². The number of amides is 1. The summed E-state index contributed by atoms with van der Waals surface area (Å²) in [6, 6.07) is 3.60. The topological polar surface area (TPSA) is 46.8 Å². The average molecular weight is 405 g/mol. The van der Waals surface area contributed by atoms with Crippen molar-refractivity contribution >= 4 is 51.5 Å². The first-order valence-corrected chi connectivity index (χ1v) is 7.59. The Morgan fingerprint density at radius 1 is 1.36 bits per heavy atom. The van der Waals surface area contributed by atoms with Crippen molar-refractivity contribution in [1.82, 2.24) is 4.57 Å². The molecule has 0 spiro atoms. The van der Waals surface area contributed by atoms with Gasteiger partial charge in [-0.15, -0.1) is 28.3 Å². The van der Waals surface area contributed by atoms with Crippen molar-refractivity contribution in [2.75, 3.05) is 25.6 Å². The largest absolute Gasteiger partial charge is 0.481 e. The summed E-state index contributed by atoms with van der Waals surface area (Å²) in [7, 11) is 5.43. The van der Waals surface area contributed by atoms with Gasteiger partial charge >= 0.3 is 0 Å². The maximum Gasteiger partial charge on any atom is 0.264 e. The molecule has 0 aliphatic carbocycles. The molecular weight excluding hydrogens is 390 g/mol. The smallest absolute Gasteiger partial charge is 0.264 e. The molecule has 0 fully saturated rings. The van der Waals surface area contributed by atoms with Gasteiger partial charge in [0.05, 0.1) is 11.4 Å². The van der Waals surface area contributed by atoms with Crippen molar-refractivity contribution in [1.29, 1.82) is 0 Å². The second-order valence-corrected chi connectivity index (χ2v) is 6.00. The lowest BCUT2D eigenvalue weighted by Gasteiger charge is -2.28. The molecule has 2 aromatic rings. The third-order valence-electron chi connectivity index (χ3n) is 3.50. The quantitative estimate of drug-likeness (QED) is 0.734. The number of aromatic nitrogens is 1. The Bertz CT molecular complexity index is 800. The average Bonchev–Trinajstić information content (AvgIpc) is 2.83. The number of hydrogen-bond donors (Lipinski definition) is 0. The number of hydrogen-bond acceptors (Lipinski definition) is 4. The van der Waals surface area contributed by atoms with E-state index in [1.165, 1.54) is 0 Å². The van der Waals surface area contributed by atoms with E-state index in [9.17, 15) is 4.79 Å². The second kappa shape index (κ2) is 6.44. The number of halogens is 2. The summed E-state index contributed by atoms with van der Waals surface area (Å²) in [6.45, 7) is 0.0387. The molecule has 5 nitrogen and oxygen atoms in total. The molecular formula is C14H15BrClN3O2S. The van der Waals surface area contributed by atoms with Crippen molar-refractivity contribution in [3.05, 3.63) is 27.3 Å². The lowest BCUT2D eigenvalue weighted by atomic mass is 10.1. The number of benzene rings is 1. The maximum absolute atomic E-state index is 11.8. The zero-order chi connectivity index (χ0) is 15.1. The van der Waals surface area contributed by atoms with Gasteiger partial charge in [-0.3, -0.25) is 9.79 Å². The standard InChI is InChI=1S/C14H14ClN3O2S.BrH/c1-16-14-18(3)11(7-21-14)9-4-8(15)5-10-13(9)20-6-12(19)17(10)2;/h4-5,7H,6H2,1-3H3;1H. The monoisotopic (exact) mass is 403 g/mol. The van der Waals surface area contributed by atoms with Gasteiger partial charge in [0, 0.05) is 37.1 Å². The minimum Gasteiger partial charge on any atom is -0.481 e. The Morgan fingerprint density at radius 3 is 2.73 bits per heavy atom. The molecule has 1 aromatic heterocycles. The Balaban J connectivity index is 0.00000176. The highest BCUT2D eigenvalue weighted by Gasteiger charge is 2.26. The summed E-state index contributed by atoms with van der Waals surface area (Å²) in [4.78, 5) is 18.5. The number of thiazole rings is 1. The number of nitrogens with zero attached hydrogens (tertiary/aromatic N) is 3. The van der Waals surface area contributed by atoms with Gasteiger partial charge in [0.1, 0.15) is 0 Å². The number of carbonyl (C=O) groups excluding carboxylic acids is 1. The Morgan fingerprint density at radius 2 is 2.09 bits per heavy atom. The molecule has 2 heterocycles. The predicted molar refractivity (Wildman–Crippen MR) is 94.5 cm³/mol. The second-order valence-electron chi connectivity index (χ2n) is 4.73. The molecule has 118 valence electrons.